The van der Waals surface area contributed by atoms with E-state index in [-0.39, 0.29) is 5.41 Å². The van der Waals surface area contributed by atoms with Crippen molar-refractivity contribution in [2.24, 2.45) is 16.1 Å². The highest BCUT2D eigenvalue weighted by atomic mass is 79.9. The first kappa shape index (κ1) is 10.7. The third-order valence-electron chi connectivity index (χ3n) is 1.32. The molecule has 0 fully saturated rings. The molecule has 0 aliphatic carbocycles. The average molecular weight is 219 g/mol. The van der Waals surface area contributed by atoms with Gasteiger partial charge in [-0.25, -0.2) is 4.99 Å². The molecule has 0 aromatic heterocycles. The number of rotatable bonds is 4. The molecule has 0 aliphatic heterocycles. The summed E-state index contributed by atoms with van der Waals surface area (Å²) in [5.41, 5.74) is 5.39. The lowest BCUT2D eigenvalue weighted by molar-refractivity contribution is 0.522. The van der Waals surface area contributed by atoms with Crippen molar-refractivity contribution in [3.05, 3.63) is 12.4 Å². The van der Waals surface area contributed by atoms with E-state index < -0.39 is 0 Å². The normalized spacial score (nSPS) is 12.3. The van der Waals surface area contributed by atoms with E-state index in [1.54, 1.807) is 0 Å². The SMILES string of the molecule is C=C(N)/N=C\C(C)(C)CCBr. The van der Waals surface area contributed by atoms with Gasteiger partial charge < -0.3 is 5.73 Å². The van der Waals surface area contributed by atoms with Crippen LogP contribution in [0, 0.1) is 5.41 Å². The quantitative estimate of drug-likeness (QED) is 0.571. The van der Waals surface area contributed by atoms with E-state index >= 15 is 0 Å². The van der Waals surface area contributed by atoms with Gasteiger partial charge in [-0.1, -0.05) is 36.4 Å². The molecule has 2 N–H and O–H groups in total. The Morgan fingerprint density at radius 3 is 2.64 bits per heavy atom. The third-order valence-corrected chi connectivity index (χ3v) is 1.72. The van der Waals surface area contributed by atoms with Gasteiger partial charge in [-0.3, -0.25) is 0 Å². The molecule has 0 spiro atoms. The van der Waals surface area contributed by atoms with Crippen LogP contribution in [-0.4, -0.2) is 11.5 Å². The topological polar surface area (TPSA) is 38.4 Å². The summed E-state index contributed by atoms with van der Waals surface area (Å²) in [4.78, 5) is 3.95. The van der Waals surface area contributed by atoms with Gasteiger partial charge in [0.1, 0.15) is 5.82 Å². The zero-order valence-corrected chi connectivity index (χ0v) is 8.69. The molecule has 0 bridgehead atoms. The molecule has 2 nitrogen and oxygen atoms in total. The second-order valence-electron chi connectivity index (χ2n) is 3.18. The van der Waals surface area contributed by atoms with Crippen LogP contribution in [0.1, 0.15) is 20.3 Å². The summed E-state index contributed by atoms with van der Waals surface area (Å²) in [6, 6.07) is 0. The number of alkyl halides is 1. The first-order chi connectivity index (χ1) is 4.98. The lowest BCUT2D eigenvalue weighted by Crippen LogP contribution is -2.14. The van der Waals surface area contributed by atoms with Gasteiger partial charge in [0.15, 0.2) is 0 Å². The molecule has 0 aliphatic rings. The monoisotopic (exact) mass is 218 g/mol. The second kappa shape index (κ2) is 4.54. The molecule has 0 radical (unpaired) electrons. The fourth-order valence-corrected chi connectivity index (χ4v) is 1.59. The van der Waals surface area contributed by atoms with Crippen LogP contribution in [-0.2, 0) is 0 Å². The van der Waals surface area contributed by atoms with Crippen LogP contribution in [0.5, 0.6) is 0 Å². The van der Waals surface area contributed by atoms with Gasteiger partial charge in [0.25, 0.3) is 0 Å². The fourth-order valence-electron chi connectivity index (χ4n) is 0.566. The van der Waals surface area contributed by atoms with Crippen LogP contribution >= 0.6 is 15.9 Å². The molecular weight excluding hydrogens is 204 g/mol. The summed E-state index contributed by atoms with van der Waals surface area (Å²) in [7, 11) is 0. The highest BCUT2D eigenvalue weighted by molar-refractivity contribution is 9.09. The molecule has 0 saturated carbocycles. The third kappa shape index (κ3) is 6.10. The Morgan fingerprint density at radius 1 is 1.73 bits per heavy atom. The molecule has 0 rings (SSSR count). The van der Waals surface area contributed by atoms with Crippen LogP contribution in [0.3, 0.4) is 0 Å². The maximum Gasteiger partial charge on any atom is 0.115 e. The fraction of sp³-hybridized carbons (Fsp3) is 0.625. The molecule has 3 heteroatoms. The van der Waals surface area contributed by atoms with Gasteiger partial charge in [0.05, 0.1) is 0 Å². The van der Waals surface area contributed by atoms with Gasteiger partial charge in [-0.15, -0.1) is 0 Å². The van der Waals surface area contributed by atoms with Crippen LogP contribution in [0.15, 0.2) is 17.4 Å². The van der Waals surface area contributed by atoms with Crippen molar-refractivity contribution in [1.82, 2.24) is 0 Å². The predicted molar refractivity (Wildman–Crippen MR) is 54.0 cm³/mol. The van der Waals surface area contributed by atoms with Crippen LogP contribution < -0.4 is 5.73 Å². The van der Waals surface area contributed by atoms with Crippen molar-refractivity contribution in [2.45, 2.75) is 20.3 Å². The van der Waals surface area contributed by atoms with E-state index in [0.717, 1.165) is 11.8 Å². The van der Waals surface area contributed by atoms with Gasteiger partial charge in [0.2, 0.25) is 0 Å². The molecule has 0 saturated heterocycles. The molecule has 0 amide bonds. The van der Waals surface area contributed by atoms with Gasteiger partial charge in [-0.2, -0.15) is 0 Å². The van der Waals surface area contributed by atoms with Crippen molar-refractivity contribution < 1.29 is 0 Å². The molecule has 64 valence electrons. The molecule has 0 heterocycles. The summed E-state index contributed by atoms with van der Waals surface area (Å²) in [6.07, 6.45) is 2.89. The van der Waals surface area contributed by atoms with E-state index in [4.69, 9.17) is 5.73 Å². The lowest BCUT2D eigenvalue weighted by Gasteiger charge is -2.16. The number of halogens is 1. The summed E-state index contributed by atoms with van der Waals surface area (Å²) in [5, 5.41) is 0.975. The summed E-state index contributed by atoms with van der Waals surface area (Å²) in [6.45, 7) is 7.71. The van der Waals surface area contributed by atoms with E-state index in [1.807, 2.05) is 6.21 Å². The number of hydrogen-bond acceptors (Lipinski definition) is 2. The van der Waals surface area contributed by atoms with Crippen molar-refractivity contribution >= 4 is 22.1 Å². The zero-order valence-electron chi connectivity index (χ0n) is 7.10. The molecule has 0 aromatic rings. The molecule has 0 atom stereocenters. The van der Waals surface area contributed by atoms with E-state index in [2.05, 4.69) is 41.3 Å². The Bertz CT molecular complexity index is 161. The van der Waals surface area contributed by atoms with Crippen LogP contribution in [0.4, 0.5) is 0 Å². The molecular formula is C8H15BrN2. The lowest BCUT2D eigenvalue weighted by atomic mass is 9.92. The Kier molecular flexibility index (Phi) is 4.42. The highest BCUT2D eigenvalue weighted by Crippen LogP contribution is 2.18. The number of hydrogen-bond donors (Lipinski definition) is 1. The summed E-state index contributed by atoms with van der Waals surface area (Å²) in [5.74, 6) is 0.368. The number of nitrogens with zero attached hydrogens (tertiary/aromatic N) is 1. The van der Waals surface area contributed by atoms with Gasteiger partial charge in [0, 0.05) is 17.0 Å². The van der Waals surface area contributed by atoms with Crippen molar-refractivity contribution in [2.75, 3.05) is 5.33 Å². The standard InChI is InChI=1S/C8H15BrN2/c1-7(10)11-6-8(2,3)4-5-9/h6H,1,4-5,10H2,2-3H3/b11-6-. The van der Waals surface area contributed by atoms with E-state index in [9.17, 15) is 0 Å². The maximum absolute atomic E-state index is 5.29. The Labute approximate surface area is 76.7 Å². The average Bonchev–Trinajstić information content (AvgIpc) is 1.84. The smallest absolute Gasteiger partial charge is 0.115 e. The predicted octanol–water partition coefficient (Wildman–Crippen LogP) is 2.30. The molecule has 11 heavy (non-hydrogen) atoms. The Morgan fingerprint density at radius 2 is 2.27 bits per heavy atom. The largest absolute Gasteiger partial charge is 0.384 e. The van der Waals surface area contributed by atoms with Crippen LogP contribution in [0.2, 0.25) is 0 Å². The Balaban J connectivity index is 3.99. The first-order valence-corrected chi connectivity index (χ1v) is 4.65. The van der Waals surface area contributed by atoms with E-state index in [0.29, 0.717) is 5.82 Å². The van der Waals surface area contributed by atoms with Crippen molar-refractivity contribution in [3.63, 3.8) is 0 Å². The highest BCUT2D eigenvalue weighted by Gasteiger charge is 2.12. The first-order valence-electron chi connectivity index (χ1n) is 3.53. The number of nitrogens with two attached hydrogens (primary N) is 1. The minimum Gasteiger partial charge on any atom is -0.384 e. The zero-order chi connectivity index (χ0) is 8.91. The minimum atomic E-state index is 0.103. The Hall–Kier alpha value is -0.310. The molecule has 0 unspecified atom stereocenters. The van der Waals surface area contributed by atoms with Crippen molar-refractivity contribution in [1.29, 1.82) is 0 Å². The summed E-state index contributed by atoms with van der Waals surface area (Å²) >= 11 is 3.38. The summed E-state index contributed by atoms with van der Waals surface area (Å²) < 4.78 is 0. The van der Waals surface area contributed by atoms with Gasteiger partial charge in [-0.05, 0) is 6.42 Å². The van der Waals surface area contributed by atoms with Crippen molar-refractivity contribution in [3.8, 4) is 0 Å². The second-order valence-corrected chi connectivity index (χ2v) is 3.97. The van der Waals surface area contributed by atoms with E-state index in [1.165, 1.54) is 0 Å². The minimum absolute atomic E-state index is 0.103. The number of aliphatic imine (C=N–C) groups is 1. The van der Waals surface area contributed by atoms with Crippen LogP contribution in [0.25, 0.3) is 0 Å². The molecule has 0 aromatic carbocycles. The van der Waals surface area contributed by atoms with Gasteiger partial charge >= 0.3 is 0 Å². The maximum atomic E-state index is 5.29.